The van der Waals surface area contributed by atoms with Gasteiger partial charge >= 0.3 is 0 Å². The average molecular weight is 284 g/mol. The Morgan fingerprint density at radius 3 is 3.00 bits per heavy atom. The lowest BCUT2D eigenvalue weighted by Crippen LogP contribution is -2.25. The SMILES string of the molecule is CN1CCC(C(=O)Nc2ccc(Br)cn2)C1. The van der Waals surface area contributed by atoms with E-state index in [1.165, 1.54) is 0 Å². The molecule has 1 aliphatic heterocycles. The van der Waals surface area contributed by atoms with Crippen molar-refractivity contribution in [3.05, 3.63) is 22.8 Å². The van der Waals surface area contributed by atoms with Crippen LogP contribution in [-0.2, 0) is 4.79 Å². The first kappa shape index (κ1) is 11.5. The van der Waals surface area contributed by atoms with Gasteiger partial charge in [-0.2, -0.15) is 0 Å². The largest absolute Gasteiger partial charge is 0.310 e. The number of nitrogens with zero attached hydrogens (tertiary/aromatic N) is 2. The summed E-state index contributed by atoms with van der Waals surface area (Å²) in [5.41, 5.74) is 0. The zero-order valence-electron chi connectivity index (χ0n) is 9.11. The van der Waals surface area contributed by atoms with Crippen LogP contribution in [0, 0.1) is 5.92 Å². The monoisotopic (exact) mass is 283 g/mol. The van der Waals surface area contributed by atoms with E-state index in [1.54, 1.807) is 12.3 Å². The zero-order chi connectivity index (χ0) is 11.5. The first-order valence-electron chi connectivity index (χ1n) is 5.26. The maximum atomic E-state index is 11.9. The highest BCUT2D eigenvalue weighted by Gasteiger charge is 2.26. The molecule has 0 radical (unpaired) electrons. The van der Waals surface area contributed by atoms with Crippen molar-refractivity contribution in [2.24, 2.45) is 5.92 Å². The Kier molecular flexibility index (Phi) is 3.56. The lowest BCUT2D eigenvalue weighted by Gasteiger charge is -2.10. The van der Waals surface area contributed by atoms with Crippen molar-refractivity contribution in [2.75, 3.05) is 25.5 Å². The quantitative estimate of drug-likeness (QED) is 0.899. The molecule has 1 N–H and O–H groups in total. The number of likely N-dealkylation sites (tertiary alicyclic amines) is 1. The molecule has 2 heterocycles. The van der Waals surface area contributed by atoms with Crippen LogP contribution in [0.25, 0.3) is 0 Å². The summed E-state index contributed by atoms with van der Waals surface area (Å²) in [5.74, 6) is 0.775. The van der Waals surface area contributed by atoms with Gasteiger partial charge in [0.1, 0.15) is 5.82 Å². The van der Waals surface area contributed by atoms with Gasteiger partial charge < -0.3 is 10.2 Å². The zero-order valence-corrected chi connectivity index (χ0v) is 10.7. The van der Waals surface area contributed by atoms with Gasteiger partial charge in [-0.05, 0) is 48.1 Å². The number of pyridine rings is 1. The van der Waals surface area contributed by atoms with E-state index < -0.39 is 0 Å². The van der Waals surface area contributed by atoms with Crippen molar-refractivity contribution in [3.63, 3.8) is 0 Å². The molecule has 1 amide bonds. The van der Waals surface area contributed by atoms with E-state index >= 15 is 0 Å². The van der Waals surface area contributed by atoms with Crippen LogP contribution in [-0.4, -0.2) is 35.9 Å². The molecule has 0 aliphatic carbocycles. The number of halogens is 1. The van der Waals surface area contributed by atoms with E-state index in [1.807, 2.05) is 13.1 Å². The second kappa shape index (κ2) is 4.93. The van der Waals surface area contributed by atoms with Crippen molar-refractivity contribution in [2.45, 2.75) is 6.42 Å². The number of hydrogen-bond acceptors (Lipinski definition) is 3. The van der Waals surface area contributed by atoms with Gasteiger partial charge in [-0.1, -0.05) is 0 Å². The minimum absolute atomic E-state index is 0.0687. The second-order valence-corrected chi connectivity index (χ2v) is 5.01. The molecule has 2 rings (SSSR count). The van der Waals surface area contributed by atoms with Gasteiger partial charge in [-0.25, -0.2) is 4.98 Å². The Morgan fingerprint density at radius 1 is 1.62 bits per heavy atom. The van der Waals surface area contributed by atoms with E-state index in [0.717, 1.165) is 24.0 Å². The van der Waals surface area contributed by atoms with Gasteiger partial charge in [-0.3, -0.25) is 4.79 Å². The Balaban J connectivity index is 1.94. The number of aromatic nitrogens is 1. The molecule has 5 heteroatoms. The minimum Gasteiger partial charge on any atom is -0.310 e. The molecule has 16 heavy (non-hydrogen) atoms. The number of rotatable bonds is 2. The standard InChI is InChI=1S/C11H14BrN3O/c1-15-5-4-8(7-15)11(16)14-10-3-2-9(12)6-13-10/h2-3,6,8H,4-5,7H2,1H3,(H,13,14,16). The lowest BCUT2D eigenvalue weighted by atomic mass is 10.1. The molecule has 1 fully saturated rings. The molecule has 0 bridgehead atoms. The van der Waals surface area contributed by atoms with Crippen molar-refractivity contribution in [1.29, 1.82) is 0 Å². The summed E-state index contributed by atoms with van der Waals surface area (Å²) in [7, 11) is 2.03. The topological polar surface area (TPSA) is 45.2 Å². The average Bonchev–Trinajstić information content (AvgIpc) is 2.68. The number of amides is 1. The maximum absolute atomic E-state index is 11.9. The second-order valence-electron chi connectivity index (χ2n) is 4.10. The molecule has 1 aliphatic rings. The molecule has 4 nitrogen and oxygen atoms in total. The molecule has 1 aromatic heterocycles. The summed E-state index contributed by atoms with van der Waals surface area (Å²) in [6.45, 7) is 1.83. The highest BCUT2D eigenvalue weighted by Crippen LogP contribution is 2.17. The third-order valence-corrected chi connectivity index (χ3v) is 3.21. The maximum Gasteiger partial charge on any atom is 0.229 e. The summed E-state index contributed by atoms with van der Waals surface area (Å²) >= 11 is 3.30. The fraction of sp³-hybridized carbons (Fsp3) is 0.455. The third-order valence-electron chi connectivity index (χ3n) is 2.74. The number of hydrogen-bond donors (Lipinski definition) is 1. The van der Waals surface area contributed by atoms with Crippen LogP contribution in [0.1, 0.15) is 6.42 Å². The highest BCUT2D eigenvalue weighted by molar-refractivity contribution is 9.10. The third kappa shape index (κ3) is 2.80. The van der Waals surface area contributed by atoms with Crippen molar-refractivity contribution < 1.29 is 4.79 Å². The number of carbonyl (C=O) groups excluding carboxylic acids is 1. The molecule has 0 saturated carbocycles. The van der Waals surface area contributed by atoms with Crippen LogP contribution in [0.2, 0.25) is 0 Å². The highest BCUT2D eigenvalue weighted by atomic mass is 79.9. The van der Waals surface area contributed by atoms with Crippen LogP contribution in [0.3, 0.4) is 0 Å². The predicted octanol–water partition coefficient (Wildman–Crippen LogP) is 1.73. The Morgan fingerprint density at radius 2 is 2.44 bits per heavy atom. The molecule has 0 spiro atoms. The number of anilines is 1. The van der Waals surface area contributed by atoms with Crippen LogP contribution in [0.4, 0.5) is 5.82 Å². The smallest absolute Gasteiger partial charge is 0.229 e. The first-order valence-corrected chi connectivity index (χ1v) is 6.05. The van der Waals surface area contributed by atoms with Crippen LogP contribution in [0.15, 0.2) is 22.8 Å². The number of carbonyl (C=O) groups is 1. The van der Waals surface area contributed by atoms with E-state index in [4.69, 9.17) is 0 Å². The van der Waals surface area contributed by atoms with Crippen molar-refractivity contribution >= 4 is 27.7 Å². The van der Waals surface area contributed by atoms with E-state index in [9.17, 15) is 4.79 Å². The van der Waals surface area contributed by atoms with Gasteiger partial charge in [0, 0.05) is 17.2 Å². The summed E-state index contributed by atoms with van der Waals surface area (Å²) in [6.07, 6.45) is 2.61. The minimum atomic E-state index is 0.0687. The molecular formula is C11H14BrN3O. The molecular weight excluding hydrogens is 270 g/mol. The fourth-order valence-electron chi connectivity index (χ4n) is 1.83. The van der Waals surface area contributed by atoms with Gasteiger partial charge in [0.2, 0.25) is 5.91 Å². The van der Waals surface area contributed by atoms with Gasteiger partial charge in [0.15, 0.2) is 0 Å². The van der Waals surface area contributed by atoms with Crippen LogP contribution in [0.5, 0.6) is 0 Å². The fourth-order valence-corrected chi connectivity index (χ4v) is 2.06. The molecule has 1 aromatic rings. The molecule has 1 unspecified atom stereocenters. The molecule has 86 valence electrons. The predicted molar refractivity (Wildman–Crippen MR) is 66.2 cm³/mol. The molecule has 0 aromatic carbocycles. The van der Waals surface area contributed by atoms with Crippen molar-refractivity contribution in [3.8, 4) is 0 Å². The summed E-state index contributed by atoms with van der Waals surface area (Å²) in [4.78, 5) is 18.1. The van der Waals surface area contributed by atoms with Gasteiger partial charge in [-0.15, -0.1) is 0 Å². The number of nitrogens with one attached hydrogen (secondary N) is 1. The Labute approximate surface area is 103 Å². The normalized spacial score (nSPS) is 21.0. The summed E-state index contributed by atoms with van der Waals surface area (Å²) in [5, 5.41) is 2.83. The van der Waals surface area contributed by atoms with Crippen LogP contribution < -0.4 is 5.32 Å². The Bertz CT molecular complexity index is 379. The Hall–Kier alpha value is -0.940. The molecule has 1 atom stereocenters. The van der Waals surface area contributed by atoms with Crippen LogP contribution >= 0.6 is 15.9 Å². The van der Waals surface area contributed by atoms with Gasteiger partial charge in [0.25, 0.3) is 0 Å². The van der Waals surface area contributed by atoms with E-state index in [-0.39, 0.29) is 11.8 Å². The van der Waals surface area contributed by atoms with E-state index in [0.29, 0.717) is 5.82 Å². The molecule has 1 saturated heterocycles. The lowest BCUT2D eigenvalue weighted by molar-refractivity contribution is -0.119. The van der Waals surface area contributed by atoms with Gasteiger partial charge in [0.05, 0.1) is 5.92 Å². The summed E-state index contributed by atoms with van der Waals surface area (Å²) < 4.78 is 0.908. The first-order chi connectivity index (χ1) is 7.65. The van der Waals surface area contributed by atoms with E-state index in [2.05, 4.69) is 31.1 Å². The summed E-state index contributed by atoms with van der Waals surface area (Å²) in [6, 6.07) is 3.66. The van der Waals surface area contributed by atoms with Crippen molar-refractivity contribution in [1.82, 2.24) is 9.88 Å².